The minimum absolute atomic E-state index is 0.101. The number of aryl methyl sites for hydroxylation is 1. The number of rotatable bonds is 9. The van der Waals surface area contributed by atoms with Gasteiger partial charge in [0.25, 0.3) is 0 Å². The van der Waals surface area contributed by atoms with Gasteiger partial charge in [0, 0.05) is 31.0 Å². The smallest absolute Gasteiger partial charge is 0.242 e. The molecule has 1 aromatic heterocycles. The van der Waals surface area contributed by atoms with Crippen molar-refractivity contribution in [3.63, 3.8) is 0 Å². The molecule has 1 heterocycles. The van der Waals surface area contributed by atoms with Crippen LogP contribution in [0.1, 0.15) is 46.2 Å². The number of nitrogens with zero attached hydrogens (tertiary/aromatic N) is 1. The Hall–Kier alpha value is -0.850. The van der Waals surface area contributed by atoms with Crippen LogP contribution in [0.2, 0.25) is 0 Å². The number of nitrogens with one attached hydrogen (secondary N) is 2. The quantitative estimate of drug-likeness (QED) is 0.687. The van der Waals surface area contributed by atoms with Gasteiger partial charge in [0.2, 0.25) is 10.0 Å². The predicted octanol–water partition coefficient (Wildman–Crippen LogP) is 2.08. The van der Waals surface area contributed by atoms with E-state index in [4.69, 9.17) is 0 Å². The Bertz CT molecular complexity index is 506. The third-order valence-corrected chi connectivity index (χ3v) is 4.48. The Balaban J connectivity index is 2.95. The molecule has 5 nitrogen and oxygen atoms in total. The van der Waals surface area contributed by atoms with Crippen LogP contribution in [0.15, 0.2) is 17.2 Å². The van der Waals surface area contributed by atoms with Crippen molar-refractivity contribution in [2.24, 2.45) is 0 Å². The summed E-state index contributed by atoms with van der Waals surface area (Å²) in [4.78, 5) is 0.355. The summed E-state index contributed by atoms with van der Waals surface area (Å²) in [5, 5.41) is 3.32. The lowest BCUT2D eigenvalue weighted by Crippen LogP contribution is -2.29. The van der Waals surface area contributed by atoms with Crippen LogP contribution in [-0.4, -0.2) is 25.6 Å². The fourth-order valence-corrected chi connectivity index (χ4v) is 3.35. The van der Waals surface area contributed by atoms with Crippen molar-refractivity contribution in [3.05, 3.63) is 18.0 Å². The van der Waals surface area contributed by atoms with Crippen molar-refractivity contribution in [2.45, 2.75) is 64.6 Å². The molecular weight excluding hydrogens is 274 g/mol. The number of hydrogen-bond acceptors (Lipinski definition) is 3. The first-order chi connectivity index (χ1) is 9.40. The summed E-state index contributed by atoms with van der Waals surface area (Å²) < 4.78 is 29.0. The van der Waals surface area contributed by atoms with Gasteiger partial charge < -0.3 is 9.88 Å². The summed E-state index contributed by atoms with van der Waals surface area (Å²) >= 11 is 0. The molecule has 20 heavy (non-hydrogen) atoms. The summed E-state index contributed by atoms with van der Waals surface area (Å²) in [5.41, 5.74) is 1.02. The minimum atomic E-state index is -3.41. The number of hydrogen-bond donors (Lipinski definition) is 2. The zero-order valence-electron chi connectivity index (χ0n) is 12.9. The molecule has 0 spiro atoms. The first-order valence-electron chi connectivity index (χ1n) is 7.32. The number of sulfonamides is 1. The fraction of sp³-hybridized carbons (Fsp3) is 0.714. The van der Waals surface area contributed by atoms with Gasteiger partial charge in [0.1, 0.15) is 0 Å². The van der Waals surface area contributed by atoms with Crippen molar-refractivity contribution < 1.29 is 8.42 Å². The SMILES string of the molecule is CCCNCc1cc(S(=O)(=O)NC(C)C)cn1CCC. The van der Waals surface area contributed by atoms with E-state index < -0.39 is 10.0 Å². The standard InChI is InChI=1S/C14H27N3O2S/c1-5-7-15-10-13-9-14(11-17(13)8-6-2)20(18,19)16-12(3)4/h9,11-12,15-16H,5-8,10H2,1-4H3. The van der Waals surface area contributed by atoms with Gasteiger partial charge in [-0.15, -0.1) is 0 Å². The van der Waals surface area contributed by atoms with E-state index in [2.05, 4.69) is 23.9 Å². The van der Waals surface area contributed by atoms with Crippen LogP contribution in [0.3, 0.4) is 0 Å². The maximum absolute atomic E-state index is 12.2. The van der Waals surface area contributed by atoms with Gasteiger partial charge in [-0.1, -0.05) is 13.8 Å². The van der Waals surface area contributed by atoms with Gasteiger partial charge in [0.05, 0.1) is 4.90 Å². The lowest BCUT2D eigenvalue weighted by molar-refractivity contribution is 0.569. The van der Waals surface area contributed by atoms with Crippen molar-refractivity contribution >= 4 is 10.0 Å². The Labute approximate surface area is 122 Å². The summed E-state index contributed by atoms with van der Waals surface area (Å²) in [5.74, 6) is 0. The Kier molecular flexibility index (Phi) is 6.71. The van der Waals surface area contributed by atoms with E-state index in [0.29, 0.717) is 11.4 Å². The van der Waals surface area contributed by atoms with Crippen LogP contribution in [0.5, 0.6) is 0 Å². The highest BCUT2D eigenvalue weighted by Crippen LogP contribution is 2.15. The lowest BCUT2D eigenvalue weighted by Gasteiger charge is -2.08. The molecule has 0 bridgehead atoms. The molecular formula is C14H27N3O2S. The molecule has 0 atom stereocenters. The third kappa shape index (κ3) is 4.92. The Morgan fingerprint density at radius 3 is 2.50 bits per heavy atom. The van der Waals surface area contributed by atoms with E-state index in [1.54, 1.807) is 12.3 Å². The van der Waals surface area contributed by atoms with Crippen LogP contribution in [0.25, 0.3) is 0 Å². The van der Waals surface area contributed by atoms with Crippen LogP contribution in [0, 0.1) is 0 Å². The van der Waals surface area contributed by atoms with Crippen LogP contribution in [0.4, 0.5) is 0 Å². The Morgan fingerprint density at radius 1 is 1.25 bits per heavy atom. The second-order valence-electron chi connectivity index (χ2n) is 5.31. The number of aromatic nitrogens is 1. The van der Waals surface area contributed by atoms with Gasteiger partial charge in [-0.2, -0.15) is 0 Å². The van der Waals surface area contributed by atoms with E-state index in [-0.39, 0.29) is 6.04 Å². The molecule has 0 aromatic carbocycles. The average Bonchev–Trinajstić information content (AvgIpc) is 2.73. The van der Waals surface area contributed by atoms with E-state index in [1.165, 1.54) is 0 Å². The van der Waals surface area contributed by atoms with Gasteiger partial charge in [-0.25, -0.2) is 13.1 Å². The summed E-state index contributed by atoms with van der Waals surface area (Å²) in [6.45, 7) is 10.3. The first kappa shape index (κ1) is 17.2. The highest BCUT2D eigenvalue weighted by atomic mass is 32.2. The van der Waals surface area contributed by atoms with Crippen LogP contribution in [-0.2, 0) is 23.1 Å². The van der Waals surface area contributed by atoms with Gasteiger partial charge in [-0.05, 0) is 39.3 Å². The molecule has 2 N–H and O–H groups in total. The molecule has 1 aromatic rings. The predicted molar refractivity (Wildman–Crippen MR) is 82.2 cm³/mol. The topological polar surface area (TPSA) is 63.1 Å². The molecule has 0 aliphatic rings. The molecule has 0 aliphatic carbocycles. The van der Waals surface area contributed by atoms with Crippen molar-refractivity contribution in [1.29, 1.82) is 0 Å². The van der Waals surface area contributed by atoms with E-state index in [1.807, 2.05) is 18.4 Å². The highest BCUT2D eigenvalue weighted by molar-refractivity contribution is 7.89. The van der Waals surface area contributed by atoms with Crippen molar-refractivity contribution in [3.8, 4) is 0 Å². The van der Waals surface area contributed by atoms with Crippen LogP contribution < -0.4 is 10.0 Å². The monoisotopic (exact) mass is 301 g/mol. The second-order valence-corrected chi connectivity index (χ2v) is 7.03. The molecule has 6 heteroatoms. The first-order valence-corrected chi connectivity index (χ1v) is 8.81. The molecule has 0 fully saturated rings. The van der Waals surface area contributed by atoms with Gasteiger partial charge in [-0.3, -0.25) is 0 Å². The van der Waals surface area contributed by atoms with E-state index in [9.17, 15) is 8.42 Å². The minimum Gasteiger partial charge on any atom is -0.349 e. The molecule has 0 unspecified atom stereocenters. The fourth-order valence-electron chi connectivity index (χ4n) is 2.04. The molecule has 0 aliphatic heterocycles. The van der Waals surface area contributed by atoms with Gasteiger partial charge >= 0.3 is 0 Å². The maximum Gasteiger partial charge on any atom is 0.242 e. The van der Waals surface area contributed by atoms with Gasteiger partial charge in [0.15, 0.2) is 0 Å². The zero-order valence-corrected chi connectivity index (χ0v) is 13.8. The van der Waals surface area contributed by atoms with Crippen LogP contribution >= 0.6 is 0 Å². The normalized spacial score (nSPS) is 12.2. The molecule has 0 saturated carbocycles. The molecule has 0 radical (unpaired) electrons. The zero-order chi connectivity index (χ0) is 15.2. The lowest BCUT2D eigenvalue weighted by atomic mass is 10.4. The summed E-state index contributed by atoms with van der Waals surface area (Å²) in [6, 6.07) is 1.67. The summed E-state index contributed by atoms with van der Waals surface area (Å²) in [6.07, 6.45) is 3.78. The highest BCUT2D eigenvalue weighted by Gasteiger charge is 2.19. The molecule has 116 valence electrons. The van der Waals surface area contributed by atoms with E-state index in [0.717, 1.165) is 31.6 Å². The summed E-state index contributed by atoms with van der Waals surface area (Å²) in [7, 11) is -3.41. The molecule has 0 amide bonds. The Morgan fingerprint density at radius 2 is 1.95 bits per heavy atom. The van der Waals surface area contributed by atoms with E-state index >= 15 is 0 Å². The largest absolute Gasteiger partial charge is 0.349 e. The maximum atomic E-state index is 12.2. The second kappa shape index (κ2) is 7.81. The van der Waals surface area contributed by atoms with Crippen molar-refractivity contribution in [2.75, 3.05) is 6.54 Å². The average molecular weight is 301 g/mol. The van der Waals surface area contributed by atoms with Crippen molar-refractivity contribution in [1.82, 2.24) is 14.6 Å². The molecule has 0 saturated heterocycles. The molecule has 1 rings (SSSR count). The third-order valence-electron chi connectivity index (χ3n) is 2.86.